The summed E-state index contributed by atoms with van der Waals surface area (Å²) in [4.78, 5) is 30.4. The second-order valence-electron chi connectivity index (χ2n) is 10.3. The zero-order valence-corrected chi connectivity index (χ0v) is 23.5. The summed E-state index contributed by atoms with van der Waals surface area (Å²) in [5.74, 6) is -0.244. The van der Waals surface area contributed by atoms with Gasteiger partial charge in [-0.05, 0) is 61.4 Å². The van der Waals surface area contributed by atoms with Gasteiger partial charge in [0.1, 0.15) is 6.04 Å². The number of benzene rings is 3. The van der Waals surface area contributed by atoms with Crippen LogP contribution in [-0.4, -0.2) is 52.8 Å². The molecule has 220 valence electrons. The van der Waals surface area contributed by atoms with E-state index in [4.69, 9.17) is 4.74 Å². The van der Waals surface area contributed by atoms with Gasteiger partial charge in [0.15, 0.2) is 0 Å². The molecule has 42 heavy (non-hydrogen) atoms. The molecule has 0 bridgehead atoms. The van der Waals surface area contributed by atoms with Crippen LogP contribution in [0.1, 0.15) is 42.6 Å². The fourth-order valence-corrected chi connectivity index (χ4v) is 5.41. The van der Waals surface area contributed by atoms with Gasteiger partial charge in [0.05, 0.1) is 23.9 Å². The Hall–Kier alpha value is -4.31. The van der Waals surface area contributed by atoms with Crippen LogP contribution in [0.5, 0.6) is 0 Å². The van der Waals surface area contributed by atoms with Crippen LogP contribution in [0, 0.1) is 0 Å². The maximum absolute atomic E-state index is 13.2. The van der Waals surface area contributed by atoms with E-state index >= 15 is 0 Å². The van der Waals surface area contributed by atoms with Gasteiger partial charge in [0.25, 0.3) is 0 Å². The van der Waals surface area contributed by atoms with Gasteiger partial charge in [0.2, 0.25) is 0 Å². The summed E-state index contributed by atoms with van der Waals surface area (Å²) in [5.41, 5.74) is 2.21. The van der Waals surface area contributed by atoms with E-state index in [1.165, 1.54) is 21.3 Å². The number of carbonyl (C=O) groups excluding carboxylic acids is 1. The van der Waals surface area contributed by atoms with Crippen molar-refractivity contribution in [1.82, 2.24) is 14.0 Å². The van der Waals surface area contributed by atoms with Crippen LogP contribution in [-0.2, 0) is 15.7 Å². The Morgan fingerprint density at radius 2 is 1.45 bits per heavy atom. The molecular formula is C32H33F3N4O3. The van der Waals surface area contributed by atoms with E-state index in [0.29, 0.717) is 30.9 Å². The third-order valence-corrected chi connectivity index (χ3v) is 7.74. The molecule has 2 atom stereocenters. The van der Waals surface area contributed by atoms with Crippen LogP contribution < -0.4 is 10.6 Å². The van der Waals surface area contributed by atoms with Gasteiger partial charge in [-0.25, -0.2) is 9.59 Å². The van der Waals surface area contributed by atoms with Gasteiger partial charge >= 0.3 is 17.8 Å². The van der Waals surface area contributed by atoms with Crippen molar-refractivity contribution in [3.8, 4) is 5.69 Å². The predicted molar refractivity (Wildman–Crippen MR) is 155 cm³/mol. The highest BCUT2D eigenvalue weighted by atomic mass is 19.4. The number of carbonyl (C=O) groups is 1. The Labute approximate surface area is 242 Å². The zero-order chi connectivity index (χ0) is 29.9. The molecule has 3 aromatic carbocycles. The minimum absolute atomic E-state index is 0.244. The SMILES string of the molecule is CCOC(=O)C(c1ccccc1)N1CCN(c2ccc(-n3ccn([C@H](C)c4ccc(C(F)(F)F)cc4)c3=O)cc2)CC1. The predicted octanol–water partition coefficient (Wildman–Crippen LogP) is 5.69. The normalized spacial score (nSPS) is 15.8. The quantitative estimate of drug-likeness (QED) is 0.252. The van der Waals surface area contributed by atoms with Crippen molar-refractivity contribution in [2.24, 2.45) is 0 Å². The average molecular weight is 579 g/mol. The smallest absolute Gasteiger partial charge is 0.416 e. The van der Waals surface area contributed by atoms with Crippen molar-refractivity contribution in [1.29, 1.82) is 0 Å². The molecule has 0 N–H and O–H groups in total. The second-order valence-corrected chi connectivity index (χ2v) is 10.3. The van der Waals surface area contributed by atoms with E-state index in [0.717, 1.165) is 36.5 Å². The molecule has 2 heterocycles. The van der Waals surface area contributed by atoms with Gasteiger partial charge in [-0.3, -0.25) is 14.0 Å². The summed E-state index contributed by atoms with van der Waals surface area (Å²) < 4.78 is 47.2. The third kappa shape index (κ3) is 6.13. The van der Waals surface area contributed by atoms with E-state index in [-0.39, 0.29) is 11.7 Å². The molecule has 0 radical (unpaired) electrons. The summed E-state index contributed by atoms with van der Waals surface area (Å²) in [6, 6.07) is 21.3. The number of nitrogens with zero attached hydrogens (tertiary/aromatic N) is 4. The van der Waals surface area contributed by atoms with Gasteiger partial charge in [-0.15, -0.1) is 0 Å². The fraction of sp³-hybridized carbons (Fsp3) is 0.312. The fourth-order valence-electron chi connectivity index (χ4n) is 5.41. The average Bonchev–Trinajstić information content (AvgIpc) is 3.38. The molecule has 1 saturated heterocycles. The van der Waals surface area contributed by atoms with Crippen molar-refractivity contribution in [3.63, 3.8) is 0 Å². The zero-order valence-electron chi connectivity index (χ0n) is 23.5. The van der Waals surface area contributed by atoms with E-state index in [2.05, 4.69) is 9.80 Å². The molecule has 7 nitrogen and oxygen atoms in total. The summed E-state index contributed by atoms with van der Waals surface area (Å²) >= 11 is 0. The maximum atomic E-state index is 13.2. The topological polar surface area (TPSA) is 59.7 Å². The van der Waals surface area contributed by atoms with Crippen LogP contribution in [0.3, 0.4) is 0 Å². The Bertz CT molecular complexity index is 1540. The molecule has 0 amide bonds. The first-order valence-corrected chi connectivity index (χ1v) is 13.9. The third-order valence-electron chi connectivity index (χ3n) is 7.74. The lowest BCUT2D eigenvalue weighted by Crippen LogP contribution is -2.49. The highest BCUT2D eigenvalue weighted by molar-refractivity contribution is 5.77. The number of hydrogen-bond acceptors (Lipinski definition) is 5. The monoisotopic (exact) mass is 578 g/mol. The highest BCUT2D eigenvalue weighted by Gasteiger charge is 2.32. The highest BCUT2D eigenvalue weighted by Crippen LogP contribution is 2.30. The lowest BCUT2D eigenvalue weighted by molar-refractivity contribution is -0.150. The van der Waals surface area contributed by atoms with Crippen molar-refractivity contribution < 1.29 is 22.7 Å². The van der Waals surface area contributed by atoms with E-state index in [9.17, 15) is 22.8 Å². The van der Waals surface area contributed by atoms with Crippen LogP contribution in [0.4, 0.5) is 18.9 Å². The van der Waals surface area contributed by atoms with Crippen molar-refractivity contribution >= 4 is 11.7 Å². The number of halogens is 3. The lowest BCUT2D eigenvalue weighted by atomic mass is 10.0. The molecule has 0 spiro atoms. The standard InChI is InChI=1S/C32H33F3N4O3/c1-3-42-30(40)29(25-7-5-4-6-8-25)37-19-17-36(18-20-37)27-13-15-28(16-14-27)39-22-21-38(31(39)41)23(2)24-9-11-26(12-10-24)32(33,34)35/h4-16,21-23,29H,3,17-20H2,1-2H3/t23-,29?/m1/s1. The van der Waals surface area contributed by atoms with E-state index < -0.39 is 23.8 Å². The Morgan fingerprint density at radius 3 is 2.05 bits per heavy atom. The van der Waals surface area contributed by atoms with Gasteiger partial charge in [-0.2, -0.15) is 13.2 Å². The number of imidazole rings is 1. The lowest BCUT2D eigenvalue weighted by Gasteiger charge is -2.39. The molecule has 1 aliphatic heterocycles. The van der Waals surface area contributed by atoms with E-state index in [1.807, 2.05) is 61.5 Å². The number of alkyl halides is 3. The minimum atomic E-state index is -4.41. The Morgan fingerprint density at radius 1 is 0.833 bits per heavy atom. The number of anilines is 1. The van der Waals surface area contributed by atoms with Gasteiger partial charge in [-0.1, -0.05) is 42.5 Å². The number of rotatable bonds is 8. The van der Waals surface area contributed by atoms with Crippen LogP contribution in [0.25, 0.3) is 5.69 Å². The number of aromatic nitrogens is 2. The summed E-state index contributed by atoms with van der Waals surface area (Å²) in [5, 5.41) is 0. The molecule has 0 aliphatic carbocycles. The first-order chi connectivity index (χ1) is 20.2. The molecule has 1 aliphatic rings. The second kappa shape index (κ2) is 12.3. The minimum Gasteiger partial charge on any atom is -0.465 e. The van der Waals surface area contributed by atoms with Crippen molar-refractivity contribution in [3.05, 3.63) is 118 Å². The van der Waals surface area contributed by atoms with Crippen molar-refractivity contribution in [2.45, 2.75) is 32.1 Å². The van der Waals surface area contributed by atoms with Gasteiger partial charge in [0, 0.05) is 44.3 Å². The van der Waals surface area contributed by atoms with Crippen LogP contribution in [0.15, 0.2) is 96.1 Å². The van der Waals surface area contributed by atoms with Gasteiger partial charge < -0.3 is 9.64 Å². The number of hydrogen-bond donors (Lipinski definition) is 0. The Balaban J connectivity index is 1.26. The molecule has 1 fully saturated rings. The first-order valence-electron chi connectivity index (χ1n) is 13.9. The molecule has 1 aromatic heterocycles. The van der Waals surface area contributed by atoms with Crippen LogP contribution in [0.2, 0.25) is 0 Å². The summed E-state index contributed by atoms with van der Waals surface area (Å²) in [7, 11) is 0. The number of esters is 1. The van der Waals surface area contributed by atoms with Crippen LogP contribution >= 0.6 is 0 Å². The molecule has 4 aromatic rings. The molecule has 1 unspecified atom stereocenters. The first kappa shape index (κ1) is 29.2. The maximum Gasteiger partial charge on any atom is 0.416 e. The number of piperazine rings is 1. The summed E-state index contributed by atoms with van der Waals surface area (Å²) in [6.07, 6.45) is -1.10. The Kier molecular flexibility index (Phi) is 8.54. The molecule has 5 rings (SSSR count). The van der Waals surface area contributed by atoms with Crippen molar-refractivity contribution in [2.75, 3.05) is 37.7 Å². The number of ether oxygens (including phenoxy) is 1. The molecular weight excluding hydrogens is 545 g/mol. The molecule has 0 saturated carbocycles. The largest absolute Gasteiger partial charge is 0.465 e. The summed E-state index contributed by atoms with van der Waals surface area (Å²) in [6.45, 7) is 6.74. The molecule has 10 heteroatoms. The van der Waals surface area contributed by atoms with E-state index in [1.54, 1.807) is 19.3 Å².